The van der Waals surface area contributed by atoms with Crippen molar-refractivity contribution in [3.63, 3.8) is 0 Å². The van der Waals surface area contributed by atoms with Gasteiger partial charge < -0.3 is 5.11 Å². The smallest absolute Gasteiger partial charge is 0.355 e. The van der Waals surface area contributed by atoms with Crippen LogP contribution in [-0.4, -0.2) is 34.1 Å². The first kappa shape index (κ1) is 28.6. The number of phenols is 1. The topological polar surface area (TPSA) is 130 Å². The Balaban J connectivity index is 0.000000310. The van der Waals surface area contributed by atoms with E-state index < -0.39 is 22.3 Å². The van der Waals surface area contributed by atoms with Gasteiger partial charge in [-0.2, -0.15) is 18.7 Å². The van der Waals surface area contributed by atoms with Gasteiger partial charge in [-0.1, -0.05) is 23.2 Å². The highest BCUT2D eigenvalue weighted by Crippen LogP contribution is 2.31. The van der Waals surface area contributed by atoms with Crippen molar-refractivity contribution in [3.8, 4) is 17.5 Å². The lowest BCUT2D eigenvalue weighted by molar-refractivity contribution is 0.0640. The number of phenolic OH excluding ortho intramolecular Hbond substituents is 1. The highest BCUT2D eigenvalue weighted by Gasteiger charge is 2.21. The van der Waals surface area contributed by atoms with E-state index in [0.29, 0.717) is 17.4 Å². The molecule has 2 N–H and O–H groups in total. The molecule has 16 heteroatoms. The summed E-state index contributed by atoms with van der Waals surface area (Å²) in [7, 11) is -3.65. The van der Waals surface area contributed by atoms with Gasteiger partial charge in [0, 0.05) is 0 Å². The average molecular weight is 758 g/mol. The van der Waals surface area contributed by atoms with Crippen molar-refractivity contribution in [2.45, 2.75) is 13.5 Å². The lowest BCUT2D eigenvalue weighted by atomic mass is 10.2. The Labute approximate surface area is 229 Å². The largest absolute Gasteiger partial charge is 0.506 e. The Bertz CT molecular complexity index is 1430. The second-order valence-electron chi connectivity index (χ2n) is 6.45. The molecule has 0 amide bonds. The van der Waals surface area contributed by atoms with Crippen molar-refractivity contribution >= 4 is 84.1 Å². The number of hydrogen-bond donors (Lipinski definition) is 2. The van der Waals surface area contributed by atoms with Crippen LogP contribution < -0.4 is 10.4 Å². The number of nitriles is 1. The Hall–Kier alpha value is -1.68. The van der Waals surface area contributed by atoms with Gasteiger partial charge in [0.15, 0.2) is 0 Å². The van der Waals surface area contributed by atoms with Gasteiger partial charge in [-0.25, -0.2) is 17.8 Å². The summed E-state index contributed by atoms with van der Waals surface area (Å²) in [4.78, 5) is 12.0. The molecule has 1 heterocycles. The first-order valence-corrected chi connectivity index (χ1v) is 13.5. The fourth-order valence-corrected chi connectivity index (χ4v) is 5.37. The summed E-state index contributed by atoms with van der Waals surface area (Å²) in [5, 5.41) is 21.5. The van der Waals surface area contributed by atoms with E-state index in [9.17, 15) is 27.1 Å². The standard InChI is InChI=1S/C11H10Cl2F2N4O3S.C7H3I2NO/c1-5-16-19(11(20)18(5)10(14)15)9-4-8(17-23(2,21)22)6(12)3-7(9)13;8-5-1-4(3-10)2-6(9)7(5)11/h3-4,10,17H,1-2H3;1-2,11H. The maximum absolute atomic E-state index is 12.8. The number of benzene rings is 2. The number of aryl methyl sites for hydroxylation is 1. The second-order valence-corrected chi connectivity index (χ2v) is 11.3. The lowest BCUT2D eigenvalue weighted by Gasteiger charge is -2.10. The maximum Gasteiger partial charge on any atom is 0.355 e. The first-order valence-electron chi connectivity index (χ1n) is 8.68. The van der Waals surface area contributed by atoms with E-state index in [2.05, 4.69) is 9.82 Å². The molecular weight excluding hydrogens is 745 g/mol. The van der Waals surface area contributed by atoms with E-state index in [4.69, 9.17) is 28.5 Å². The van der Waals surface area contributed by atoms with Crippen LogP contribution in [0.25, 0.3) is 5.69 Å². The van der Waals surface area contributed by atoms with Crippen LogP contribution in [0.1, 0.15) is 17.9 Å². The Morgan fingerprint density at radius 1 is 1.18 bits per heavy atom. The third-order valence-corrected chi connectivity index (χ3v) is 6.73. The van der Waals surface area contributed by atoms with Crippen molar-refractivity contribution in [2.24, 2.45) is 0 Å². The summed E-state index contributed by atoms with van der Waals surface area (Å²) in [5.41, 5.74) is -0.692. The van der Waals surface area contributed by atoms with Gasteiger partial charge >= 0.3 is 12.2 Å². The molecule has 0 fully saturated rings. The van der Waals surface area contributed by atoms with Crippen LogP contribution in [0, 0.1) is 25.4 Å². The van der Waals surface area contributed by atoms with Crippen molar-refractivity contribution in [1.29, 1.82) is 5.26 Å². The highest BCUT2D eigenvalue weighted by atomic mass is 127. The van der Waals surface area contributed by atoms with Gasteiger partial charge in [-0.15, -0.1) is 5.10 Å². The molecule has 0 saturated heterocycles. The fraction of sp³-hybridized carbons (Fsp3) is 0.167. The fourth-order valence-electron chi connectivity index (χ4n) is 2.47. The van der Waals surface area contributed by atoms with E-state index in [1.54, 1.807) is 12.1 Å². The molecule has 2 aromatic carbocycles. The Kier molecular flexibility index (Phi) is 9.55. The van der Waals surface area contributed by atoms with Crippen LogP contribution in [0.15, 0.2) is 29.1 Å². The SMILES string of the molecule is Cc1nn(-c2cc(NS(C)(=O)=O)c(Cl)cc2Cl)c(=O)n1C(F)F.N#Cc1cc(I)c(O)c(I)c1. The Morgan fingerprint density at radius 2 is 1.74 bits per heavy atom. The predicted molar refractivity (Wildman–Crippen MR) is 141 cm³/mol. The summed E-state index contributed by atoms with van der Waals surface area (Å²) in [6.07, 6.45) is 0.902. The molecule has 0 aliphatic heterocycles. The number of rotatable bonds is 4. The van der Waals surface area contributed by atoms with E-state index in [-0.39, 0.29) is 37.6 Å². The predicted octanol–water partition coefficient (Wildman–Crippen LogP) is 4.89. The second kappa shape index (κ2) is 11.4. The molecule has 182 valence electrons. The summed E-state index contributed by atoms with van der Waals surface area (Å²) in [6.45, 7) is -1.85. The third kappa shape index (κ3) is 6.93. The monoisotopic (exact) mass is 757 g/mol. The van der Waals surface area contributed by atoms with Crippen LogP contribution in [0.5, 0.6) is 5.75 Å². The van der Waals surface area contributed by atoms with Crippen LogP contribution in [0.2, 0.25) is 10.0 Å². The molecule has 0 aliphatic carbocycles. The molecule has 0 radical (unpaired) electrons. The molecular formula is C18H13Cl2F2I2N5O4S. The molecule has 9 nitrogen and oxygen atoms in total. The molecule has 3 aromatic rings. The quantitative estimate of drug-likeness (QED) is 0.365. The lowest BCUT2D eigenvalue weighted by Crippen LogP contribution is -2.25. The van der Waals surface area contributed by atoms with Gasteiger partial charge in [0.2, 0.25) is 10.0 Å². The van der Waals surface area contributed by atoms with Crippen LogP contribution in [0.4, 0.5) is 14.5 Å². The molecule has 0 bridgehead atoms. The van der Waals surface area contributed by atoms with E-state index in [1.807, 2.05) is 51.3 Å². The number of alkyl halides is 2. The normalized spacial score (nSPS) is 11.1. The maximum atomic E-state index is 12.8. The molecule has 0 atom stereocenters. The zero-order valence-electron chi connectivity index (χ0n) is 17.0. The number of aromatic hydroxyl groups is 1. The van der Waals surface area contributed by atoms with Crippen LogP contribution in [-0.2, 0) is 10.0 Å². The van der Waals surface area contributed by atoms with Crippen molar-refractivity contribution in [2.75, 3.05) is 11.0 Å². The number of hydrogen-bond acceptors (Lipinski definition) is 6. The van der Waals surface area contributed by atoms with Crippen molar-refractivity contribution < 1.29 is 22.3 Å². The zero-order valence-corrected chi connectivity index (χ0v) is 23.7. The summed E-state index contributed by atoms with van der Waals surface area (Å²) >= 11 is 15.8. The first-order chi connectivity index (χ1) is 15.7. The van der Waals surface area contributed by atoms with Gasteiger partial charge in [-0.05, 0) is 76.4 Å². The molecule has 0 aliphatic rings. The highest BCUT2D eigenvalue weighted by molar-refractivity contribution is 14.1. The number of nitrogens with zero attached hydrogens (tertiary/aromatic N) is 4. The van der Waals surface area contributed by atoms with Crippen molar-refractivity contribution in [1.82, 2.24) is 14.3 Å². The Morgan fingerprint density at radius 3 is 2.18 bits per heavy atom. The molecule has 0 spiro atoms. The minimum Gasteiger partial charge on any atom is -0.506 e. The number of nitrogens with one attached hydrogen (secondary N) is 1. The summed E-state index contributed by atoms with van der Waals surface area (Å²) in [6, 6.07) is 7.63. The minimum atomic E-state index is -3.65. The van der Waals surface area contributed by atoms with Gasteiger partial charge in [0.05, 0.1) is 46.4 Å². The van der Waals surface area contributed by atoms with Crippen molar-refractivity contribution in [3.05, 3.63) is 63.3 Å². The van der Waals surface area contributed by atoms with E-state index in [0.717, 1.165) is 12.3 Å². The molecule has 1 aromatic heterocycles. The molecule has 0 saturated carbocycles. The summed E-state index contributed by atoms with van der Waals surface area (Å²) < 4.78 is 52.7. The third-order valence-electron chi connectivity index (χ3n) is 3.88. The van der Waals surface area contributed by atoms with Gasteiger partial charge in [0.25, 0.3) is 0 Å². The molecule has 3 rings (SSSR count). The molecule has 34 heavy (non-hydrogen) atoms. The number of sulfonamides is 1. The average Bonchev–Trinajstić information content (AvgIpc) is 3.01. The van der Waals surface area contributed by atoms with Crippen LogP contribution >= 0.6 is 68.4 Å². The van der Waals surface area contributed by atoms with Crippen LogP contribution in [0.3, 0.4) is 0 Å². The van der Waals surface area contributed by atoms with E-state index in [1.165, 1.54) is 13.0 Å². The van der Waals surface area contributed by atoms with Gasteiger partial charge in [-0.3, -0.25) is 4.72 Å². The number of anilines is 1. The molecule has 0 unspecified atom stereocenters. The number of aromatic nitrogens is 3. The van der Waals surface area contributed by atoms with Gasteiger partial charge in [0.1, 0.15) is 11.6 Å². The number of halogens is 6. The minimum absolute atomic E-state index is 0.0257. The van der Waals surface area contributed by atoms with E-state index >= 15 is 0 Å². The summed E-state index contributed by atoms with van der Waals surface area (Å²) in [5.74, 6) is 0.0267. The zero-order chi connectivity index (χ0) is 26.0.